The zero-order valence-corrected chi connectivity index (χ0v) is 42.9. The number of aromatic nitrogens is 4. The lowest BCUT2D eigenvalue weighted by molar-refractivity contribution is 0.762. The number of nitrogens with zero attached hydrogens (tertiary/aromatic N) is 6. The third kappa shape index (κ3) is 9.35. The molecule has 338 valence electrons. The van der Waals surface area contributed by atoms with Gasteiger partial charge >= 0.3 is 0 Å². The molecule has 0 aliphatic heterocycles. The molecule has 0 aliphatic carbocycles. The smallest absolute Gasteiger partial charge is 0.290 e. The van der Waals surface area contributed by atoms with Gasteiger partial charge in [-0.2, -0.15) is 0 Å². The van der Waals surface area contributed by atoms with Gasteiger partial charge in [-0.1, -0.05) is 193 Å². The average molecular weight is 875 g/mol. The van der Waals surface area contributed by atoms with Gasteiger partial charge in [-0.05, 0) is 91.9 Å². The number of rotatable bonds is 14. The van der Waals surface area contributed by atoms with Crippen molar-refractivity contribution in [1.29, 1.82) is 0 Å². The molecule has 7 heteroatoms. The van der Waals surface area contributed by atoms with Crippen molar-refractivity contribution in [3.05, 3.63) is 160 Å². The third-order valence-electron chi connectivity index (χ3n) is 12.7. The molecule has 0 unspecified atom stereocenters. The lowest BCUT2D eigenvalue weighted by Crippen LogP contribution is -2.29. The van der Waals surface area contributed by atoms with E-state index in [1.165, 1.54) is 44.5 Å². The van der Waals surface area contributed by atoms with E-state index in [2.05, 4.69) is 232 Å². The largest absolute Gasteiger partial charge is 0.643 e. The van der Waals surface area contributed by atoms with Gasteiger partial charge in [0.05, 0.1) is 22.7 Å². The molecule has 0 N–H and O–H groups in total. The van der Waals surface area contributed by atoms with Gasteiger partial charge in [0, 0.05) is 24.8 Å². The van der Waals surface area contributed by atoms with Crippen LogP contribution in [0.5, 0.6) is 0 Å². The van der Waals surface area contributed by atoms with Crippen LogP contribution >= 0.6 is 7.56 Å². The highest BCUT2D eigenvalue weighted by atomic mass is 31.2. The molecular formula is C57H75N6P. The van der Waals surface area contributed by atoms with Gasteiger partial charge in [-0.15, -0.1) is 5.66 Å². The van der Waals surface area contributed by atoms with Crippen LogP contribution in [-0.4, -0.2) is 24.9 Å². The van der Waals surface area contributed by atoms with Crippen molar-refractivity contribution in [3.8, 4) is 28.4 Å². The first kappa shape index (κ1) is 48.3. The molecule has 6 nitrogen and oxygen atoms in total. The van der Waals surface area contributed by atoms with Crippen molar-refractivity contribution < 1.29 is 0 Å². The van der Waals surface area contributed by atoms with E-state index in [-0.39, 0.29) is 47.3 Å². The second-order valence-corrected chi connectivity index (χ2v) is 22.7. The first-order valence-corrected chi connectivity index (χ1v) is 25.9. The van der Waals surface area contributed by atoms with Crippen molar-refractivity contribution in [3.63, 3.8) is 0 Å². The molecule has 0 saturated carbocycles. The standard InChI is InChI=1S/C57H75N6P/c1-19-64(18,58-56-60(52-44(36(2)3)24-20-25-45(52)37(4)5)32-33-61(56)53-46(38(6)7)26-21-27-47(53)39(8)9)59-57-62(54-48(40(10)11)28-22-29-49(54)41(12)13)34-35-63(57)55-50(42(14)15)30-23-31-51(55)43(16)17/h20-43H,2-18H3. The summed E-state index contributed by atoms with van der Waals surface area (Å²) < 4.78 is 20.9. The Morgan fingerprint density at radius 1 is 0.359 bits per heavy atom. The molecule has 6 aromatic rings. The molecule has 0 amide bonds. The predicted molar refractivity (Wildman–Crippen MR) is 274 cm³/mol. The van der Waals surface area contributed by atoms with Gasteiger partial charge in [0.1, 0.15) is 6.66 Å². The average Bonchev–Trinajstić information content (AvgIpc) is 3.85. The topological polar surface area (TPSA) is 44.4 Å². The molecule has 6 rings (SSSR count). The fraction of sp³-hybridized carbons (Fsp3) is 0.439. The zero-order chi connectivity index (χ0) is 46.9. The molecular weight excluding hydrogens is 800 g/mol. The molecule has 0 bridgehead atoms. The van der Waals surface area contributed by atoms with Gasteiger partial charge in [0.15, 0.2) is 0 Å². The Morgan fingerprint density at radius 2 is 0.531 bits per heavy atom. The molecule has 64 heavy (non-hydrogen) atoms. The minimum atomic E-state index is -3.14. The Hall–Kier alpha value is -5.11. The summed E-state index contributed by atoms with van der Waals surface area (Å²) in [7, 11) is -3.14. The van der Waals surface area contributed by atoms with Crippen LogP contribution in [0.1, 0.15) is 203 Å². The van der Waals surface area contributed by atoms with Gasteiger partial charge in [0.25, 0.3) is 18.8 Å². The summed E-state index contributed by atoms with van der Waals surface area (Å²) in [6, 6.07) is 26.9. The van der Waals surface area contributed by atoms with Crippen LogP contribution in [0.25, 0.3) is 22.7 Å². The lowest BCUT2D eigenvalue weighted by Gasteiger charge is -2.23. The molecule has 0 spiro atoms. The maximum atomic E-state index is 9.32. The van der Waals surface area contributed by atoms with Crippen molar-refractivity contribution in [2.75, 3.05) is 6.66 Å². The molecule has 0 aliphatic rings. The Balaban J connectivity index is 1.87. The minimum Gasteiger partial charge on any atom is -0.643 e. The Morgan fingerprint density at radius 3 is 0.672 bits per heavy atom. The van der Waals surface area contributed by atoms with Gasteiger partial charge < -0.3 is 6.42 Å². The normalized spacial score (nSPS) is 12.3. The van der Waals surface area contributed by atoms with E-state index in [1.54, 1.807) is 0 Å². The summed E-state index contributed by atoms with van der Waals surface area (Å²) >= 11 is 0. The van der Waals surface area contributed by atoms with E-state index in [0.29, 0.717) is 0 Å². The maximum absolute atomic E-state index is 9.32. The van der Waals surface area contributed by atoms with Crippen molar-refractivity contribution in [1.82, 2.24) is 18.3 Å². The van der Waals surface area contributed by atoms with Crippen LogP contribution in [0.4, 0.5) is 0 Å². The van der Waals surface area contributed by atoms with E-state index in [1.807, 2.05) is 6.66 Å². The highest BCUT2D eigenvalue weighted by molar-refractivity contribution is 7.77. The highest BCUT2D eigenvalue weighted by Gasteiger charge is 2.32. The van der Waals surface area contributed by atoms with E-state index in [9.17, 15) is 6.42 Å². The summed E-state index contributed by atoms with van der Waals surface area (Å²) in [5.74, 6) is 2.12. The lowest BCUT2D eigenvalue weighted by atomic mass is 9.92. The fourth-order valence-corrected chi connectivity index (χ4v) is 10.5. The number of benzene rings is 4. The molecule has 2 heterocycles. The highest BCUT2D eigenvalue weighted by Crippen LogP contribution is 2.56. The number of para-hydroxylation sites is 4. The van der Waals surface area contributed by atoms with Crippen LogP contribution in [0.15, 0.2) is 107 Å². The minimum absolute atomic E-state index is 0.265. The van der Waals surface area contributed by atoms with Gasteiger partial charge in [-0.3, -0.25) is 18.3 Å². The predicted octanol–water partition coefficient (Wildman–Crippen LogP) is 15.4. The molecule has 0 fully saturated rings. The zero-order valence-electron chi connectivity index (χ0n) is 42.0. The quantitative estimate of drug-likeness (QED) is 0.0595. The molecule has 0 atom stereocenters. The summed E-state index contributed by atoms with van der Waals surface area (Å²) in [5, 5.41) is 0. The van der Waals surface area contributed by atoms with Crippen LogP contribution in [0, 0.1) is 12.1 Å². The fourth-order valence-electron chi connectivity index (χ4n) is 9.24. The van der Waals surface area contributed by atoms with E-state index in [4.69, 9.17) is 9.53 Å². The first-order valence-electron chi connectivity index (χ1n) is 23.8. The van der Waals surface area contributed by atoms with E-state index >= 15 is 0 Å². The van der Waals surface area contributed by atoms with E-state index in [0.717, 1.165) is 34.0 Å². The number of hydrogen-bond donors (Lipinski definition) is 0. The van der Waals surface area contributed by atoms with Crippen molar-refractivity contribution >= 4 is 7.56 Å². The summed E-state index contributed by atoms with van der Waals surface area (Å²) in [4.78, 5) is 0. The number of imidazole rings is 2. The van der Waals surface area contributed by atoms with Crippen LogP contribution < -0.4 is 11.2 Å². The SMILES string of the molecule is [C-]#C[P+](C)(N=c1n(-c2c(C(C)C)cccc2C(C)C)ccn1-c1c(C(C)C)cccc1C(C)C)N=c1n(-c2c(C(C)C)cccc2C(C)C)ccn1-c1c(C(C)C)cccc1C(C)C. The van der Waals surface area contributed by atoms with Gasteiger partial charge in [0.2, 0.25) is 0 Å². The van der Waals surface area contributed by atoms with Crippen molar-refractivity contribution in [2.24, 2.45) is 9.53 Å². The summed E-state index contributed by atoms with van der Waals surface area (Å²) in [6.07, 6.45) is 18.1. The third-order valence-corrected chi connectivity index (χ3v) is 14.3. The Bertz CT molecular complexity index is 2330. The summed E-state index contributed by atoms with van der Waals surface area (Å²) in [5.41, 5.74) is 19.2. The Labute approximate surface area is 386 Å². The van der Waals surface area contributed by atoms with E-state index < -0.39 is 7.56 Å². The first-order chi connectivity index (χ1) is 30.2. The van der Waals surface area contributed by atoms with Crippen LogP contribution in [0.3, 0.4) is 0 Å². The van der Waals surface area contributed by atoms with Crippen LogP contribution in [-0.2, 0) is 0 Å². The Kier molecular flexibility index (Phi) is 14.8. The second kappa shape index (κ2) is 19.6. The maximum Gasteiger partial charge on any atom is 0.290 e. The van der Waals surface area contributed by atoms with Crippen molar-refractivity contribution in [2.45, 2.75) is 158 Å². The monoisotopic (exact) mass is 875 g/mol. The van der Waals surface area contributed by atoms with Gasteiger partial charge in [-0.25, -0.2) is 0 Å². The van der Waals surface area contributed by atoms with Crippen LogP contribution in [0.2, 0.25) is 0 Å². The molecule has 0 saturated heterocycles. The molecule has 0 radical (unpaired) electrons. The summed E-state index contributed by atoms with van der Waals surface area (Å²) in [6.45, 7) is 38.4. The molecule has 2 aromatic heterocycles. The second-order valence-electron chi connectivity index (χ2n) is 20.3. The number of hydrogen-bond acceptors (Lipinski definition) is 2. The molecule has 4 aromatic carbocycles.